The molecule has 0 amide bonds. The molecule has 1 aromatic rings. The molecule has 15 heavy (non-hydrogen) atoms. The molecule has 0 spiro atoms. The second kappa shape index (κ2) is 4.75. The van der Waals surface area contributed by atoms with Gasteiger partial charge >= 0.3 is 0 Å². The van der Waals surface area contributed by atoms with Crippen LogP contribution in [0.15, 0.2) is 30.3 Å². The van der Waals surface area contributed by atoms with Crippen LogP contribution < -0.4 is 0 Å². The van der Waals surface area contributed by atoms with Crippen molar-refractivity contribution in [2.24, 2.45) is 0 Å². The SMILES string of the molecule is OC[C@H]1C[C@@H](O)[C@@H](c2ccccc2)CO1. The highest BCUT2D eigenvalue weighted by Gasteiger charge is 2.30. The van der Waals surface area contributed by atoms with Crippen LogP contribution in [0.5, 0.6) is 0 Å². The Bertz CT molecular complexity index is 299. The van der Waals surface area contributed by atoms with E-state index in [4.69, 9.17) is 9.84 Å². The number of aliphatic hydroxyl groups is 2. The van der Waals surface area contributed by atoms with Crippen molar-refractivity contribution in [2.75, 3.05) is 13.2 Å². The monoisotopic (exact) mass is 208 g/mol. The van der Waals surface area contributed by atoms with Crippen LogP contribution in [-0.2, 0) is 4.74 Å². The second-order valence-corrected chi connectivity index (χ2v) is 3.96. The van der Waals surface area contributed by atoms with Crippen LogP contribution in [0, 0.1) is 0 Å². The summed E-state index contributed by atoms with van der Waals surface area (Å²) in [7, 11) is 0. The van der Waals surface area contributed by atoms with Gasteiger partial charge in [-0.1, -0.05) is 30.3 Å². The number of rotatable bonds is 2. The van der Waals surface area contributed by atoms with E-state index in [1.807, 2.05) is 30.3 Å². The third kappa shape index (κ3) is 2.37. The fourth-order valence-electron chi connectivity index (χ4n) is 2.00. The largest absolute Gasteiger partial charge is 0.394 e. The maximum absolute atomic E-state index is 9.93. The van der Waals surface area contributed by atoms with E-state index in [9.17, 15) is 5.11 Å². The molecule has 0 unspecified atom stereocenters. The minimum Gasteiger partial charge on any atom is -0.394 e. The van der Waals surface area contributed by atoms with E-state index in [2.05, 4.69) is 0 Å². The molecule has 1 aromatic carbocycles. The molecule has 0 saturated carbocycles. The van der Waals surface area contributed by atoms with Crippen LogP contribution >= 0.6 is 0 Å². The number of hydrogen-bond acceptors (Lipinski definition) is 3. The van der Waals surface area contributed by atoms with E-state index in [0.717, 1.165) is 5.56 Å². The van der Waals surface area contributed by atoms with E-state index in [-0.39, 0.29) is 18.6 Å². The topological polar surface area (TPSA) is 49.7 Å². The van der Waals surface area contributed by atoms with Gasteiger partial charge in [0.1, 0.15) is 0 Å². The van der Waals surface area contributed by atoms with Crippen molar-refractivity contribution in [2.45, 2.75) is 24.5 Å². The molecule has 1 aliphatic heterocycles. The molecule has 3 atom stereocenters. The number of ether oxygens (including phenoxy) is 1. The highest BCUT2D eigenvalue weighted by molar-refractivity contribution is 5.21. The Labute approximate surface area is 89.3 Å². The standard InChI is InChI=1S/C12H16O3/c13-7-10-6-12(14)11(8-15-10)9-4-2-1-3-5-9/h1-5,10-14H,6-8H2/t10-,11-,12-/m1/s1. The van der Waals surface area contributed by atoms with Crippen molar-refractivity contribution in [1.82, 2.24) is 0 Å². The molecule has 1 saturated heterocycles. The Morgan fingerprint density at radius 1 is 1.27 bits per heavy atom. The quantitative estimate of drug-likeness (QED) is 0.759. The van der Waals surface area contributed by atoms with Crippen molar-refractivity contribution in [3.63, 3.8) is 0 Å². The van der Waals surface area contributed by atoms with Gasteiger partial charge in [0.15, 0.2) is 0 Å². The minimum absolute atomic E-state index is 0.0153. The number of aliphatic hydroxyl groups excluding tert-OH is 2. The van der Waals surface area contributed by atoms with Gasteiger partial charge < -0.3 is 14.9 Å². The second-order valence-electron chi connectivity index (χ2n) is 3.96. The fourth-order valence-corrected chi connectivity index (χ4v) is 2.00. The van der Waals surface area contributed by atoms with Gasteiger partial charge in [-0.25, -0.2) is 0 Å². The van der Waals surface area contributed by atoms with Crippen LogP contribution in [0.4, 0.5) is 0 Å². The van der Waals surface area contributed by atoms with Gasteiger partial charge in [-0.05, 0) is 5.56 Å². The Balaban J connectivity index is 2.06. The Morgan fingerprint density at radius 2 is 2.00 bits per heavy atom. The summed E-state index contributed by atoms with van der Waals surface area (Å²) in [6.45, 7) is 0.467. The smallest absolute Gasteiger partial charge is 0.0830 e. The average Bonchev–Trinajstić information content (AvgIpc) is 2.30. The fraction of sp³-hybridized carbons (Fsp3) is 0.500. The summed E-state index contributed by atoms with van der Waals surface area (Å²) in [6, 6.07) is 9.86. The summed E-state index contributed by atoms with van der Waals surface area (Å²) in [6.07, 6.45) is -0.117. The van der Waals surface area contributed by atoms with Gasteiger partial charge in [-0.2, -0.15) is 0 Å². The molecule has 82 valence electrons. The Kier molecular flexibility index (Phi) is 3.36. The zero-order valence-electron chi connectivity index (χ0n) is 8.54. The molecule has 3 nitrogen and oxygen atoms in total. The first-order valence-electron chi connectivity index (χ1n) is 5.26. The van der Waals surface area contributed by atoms with Crippen LogP contribution in [0.1, 0.15) is 17.9 Å². The van der Waals surface area contributed by atoms with E-state index < -0.39 is 6.10 Å². The summed E-state index contributed by atoms with van der Waals surface area (Å²) in [5, 5.41) is 18.9. The van der Waals surface area contributed by atoms with Crippen LogP contribution in [0.3, 0.4) is 0 Å². The lowest BCUT2D eigenvalue weighted by molar-refractivity contribution is -0.0777. The van der Waals surface area contributed by atoms with Gasteiger partial charge in [0, 0.05) is 12.3 Å². The lowest BCUT2D eigenvalue weighted by atomic mass is 9.89. The highest BCUT2D eigenvalue weighted by Crippen LogP contribution is 2.28. The van der Waals surface area contributed by atoms with Crippen molar-refractivity contribution in [3.8, 4) is 0 Å². The van der Waals surface area contributed by atoms with Crippen molar-refractivity contribution < 1.29 is 14.9 Å². The first-order chi connectivity index (χ1) is 7.31. The number of benzene rings is 1. The van der Waals surface area contributed by atoms with E-state index in [1.54, 1.807) is 0 Å². The van der Waals surface area contributed by atoms with Crippen LogP contribution in [0.2, 0.25) is 0 Å². The molecular formula is C12H16O3. The maximum atomic E-state index is 9.93. The van der Waals surface area contributed by atoms with Crippen molar-refractivity contribution >= 4 is 0 Å². The third-order valence-electron chi connectivity index (χ3n) is 2.91. The molecule has 0 aromatic heterocycles. The van der Waals surface area contributed by atoms with E-state index in [0.29, 0.717) is 13.0 Å². The molecular weight excluding hydrogens is 192 g/mol. The molecule has 1 aliphatic rings. The molecule has 0 radical (unpaired) electrons. The Morgan fingerprint density at radius 3 is 2.60 bits per heavy atom. The summed E-state index contributed by atoms with van der Waals surface area (Å²) in [5.41, 5.74) is 1.10. The molecule has 0 bridgehead atoms. The van der Waals surface area contributed by atoms with Gasteiger partial charge in [-0.3, -0.25) is 0 Å². The maximum Gasteiger partial charge on any atom is 0.0830 e. The Hall–Kier alpha value is -0.900. The summed E-state index contributed by atoms with van der Waals surface area (Å²) < 4.78 is 5.45. The van der Waals surface area contributed by atoms with E-state index in [1.165, 1.54) is 0 Å². The van der Waals surface area contributed by atoms with E-state index >= 15 is 0 Å². The van der Waals surface area contributed by atoms with Crippen molar-refractivity contribution in [3.05, 3.63) is 35.9 Å². The summed E-state index contributed by atoms with van der Waals surface area (Å²) in [5.74, 6) is 0.0361. The zero-order valence-corrected chi connectivity index (χ0v) is 8.54. The van der Waals surface area contributed by atoms with Gasteiger partial charge in [0.05, 0.1) is 25.4 Å². The summed E-state index contributed by atoms with van der Waals surface area (Å²) >= 11 is 0. The molecule has 2 N–H and O–H groups in total. The molecule has 2 rings (SSSR count). The van der Waals surface area contributed by atoms with Crippen LogP contribution in [-0.4, -0.2) is 35.6 Å². The zero-order chi connectivity index (χ0) is 10.7. The third-order valence-corrected chi connectivity index (χ3v) is 2.91. The average molecular weight is 208 g/mol. The predicted molar refractivity (Wildman–Crippen MR) is 56.6 cm³/mol. The van der Waals surface area contributed by atoms with Crippen LogP contribution in [0.25, 0.3) is 0 Å². The normalized spacial score (nSPS) is 31.5. The first-order valence-corrected chi connectivity index (χ1v) is 5.26. The highest BCUT2D eigenvalue weighted by atomic mass is 16.5. The van der Waals surface area contributed by atoms with Gasteiger partial charge in [0.2, 0.25) is 0 Å². The van der Waals surface area contributed by atoms with Crippen molar-refractivity contribution in [1.29, 1.82) is 0 Å². The number of hydrogen-bond donors (Lipinski definition) is 2. The molecule has 3 heteroatoms. The molecule has 1 heterocycles. The first kappa shape index (κ1) is 10.6. The van der Waals surface area contributed by atoms with Gasteiger partial charge in [-0.15, -0.1) is 0 Å². The lowest BCUT2D eigenvalue weighted by Crippen LogP contribution is -2.37. The molecule has 1 fully saturated rings. The predicted octanol–water partition coefficient (Wildman–Crippen LogP) is 0.912. The molecule has 0 aliphatic carbocycles. The minimum atomic E-state index is -0.418. The van der Waals surface area contributed by atoms with Gasteiger partial charge in [0.25, 0.3) is 0 Å². The lowest BCUT2D eigenvalue weighted by Gasteiger charge is -2.32. The summed E-state index contributed by atoms with van der Waals surface area (Å²) in [4.78, 5) is 0.